The molecule has 1 heterocycles. The van der Waals surface area contributed by atoms with Gasteiger partial charge in [0.05, 0.1) is 16.0 Å². The highest BCUT2D eigenvalue weighted by molar-refractivity contribution is 7.89. The van der Waals surface area contributed by atoms with E-state index in [1.165, 1.54) is 30.5 Å². The summed E-state index contributed by atoms with van der Waals surface area (Å²) in [5, 5.41) is 6.71. The van der Waals surface area contributed by atoms with Crippen LogP contribution in [-0.4, -0.2) is 75.8 Å². The van der Waals surface area contributed by atoms with Gasteiger partial charge in [-0.15, -0.1) is 0 Å². The first-order chi connectivity index (χ1) is 22.1. The summed E-state index contributed by atoms with van der Waals surface area (Å²) in [6.45, 7) is -0.984. The quantitative estimate of drug-likeness (QED) is 0.185. The number of ether oxygens (including phenoxy) is 1. The van der Waals surface area contributed by atoms with Gasteiger partial charge in [0.2, 0.25) is 20.0 Å². The Morgan fingerprint density at radius 2 is 1.33 bits per heavy atom. The highest BCUT2D eigenvalue weighted by Crippen LogP contribution is 2.25. The van der Waals surface area contributed by atoms with Crippen LogP contribution in [0.15, 0.2) is 130 Å². The molecule has 0 unspecified atom stereocenters. The van der Waals surface area contributed by atoms with Crippen LogP contribution in [-0.2, 0) is 29.6 Å². The lowest BCUT2D eigenvalue weighted by molar-refractivity contribution is -0.125. The van der Waals surface area contributed by atoms with Gasteiger partial charge >= 0.3 is 0 Å². The SMILES string of the molecule is O=C(COc1ccc(/C=N\NC(=O)[C@@H]2CN(S(=O)(=O)c3ccccc3)CCN2S(=O)(=O)c2ccccc2)cc1)Nc1ccccc1. The third kappa shape index (κ3) is 7.84. The number of piperazine rings is 1. The minimum atomic E-state index is -4.14. The summed E-state index contributed by atoms with van der Waals surface area (Å²) < 4.78 is 61.4. The fourth-order valence-electron chi connectivity index (χ4n) is 4.69. The monoisotopic (exact) mass is 661 g/mol. The Hall–Kier alpha value is -4.89. The standard InChI is InChI=1S/C32H31N5O7S2/c38-31(34-26-10-4-1-5-11-26)24-44-27-18-16-25(17-19-27)22-33-35-32(39)30-23-36(45(40,41)28-12-6-2-7-13-28)20-21-37(30)46(42,43)29-14-8-3-9-15-29/h1-19,22,30H,20-21,23-24H2,(H,34,38)(H,35,39)/b33-22-/t30-/m0/s1. The molecule has 1 fully saturated rings. The highest BCUT2D eigenvalue weighted by atomic mass is 32.2. The van der Waals surface area contributed by atoms with Crippen molar-refractivity contribution in [2.75, 3.05) is 31.6 Å². The van der Waals surface area contributed by atoms with Gasteiger partial charge in [0.15, 0.2) is 6.61 Å². The van der Waals surface area contributed by atoms with Gasteiger partial charge in [0, 0.05) is 25.3 Å². The summed E-state index contributed by atoms with van der Waals surface area (Å²) in [7, 11) is -8.14. The number of anilines is 1. The Bertz CT molecular complexity index is 1890. The van der Waals surface area contributed by atoms with E-state index in [1.807, 2.05) is 18.2 Å². The van der Waals surface area contributed by atoms with E-state index in [0.717, 1.165) is 8.61 Å². The van der Waals surface area contributed by atoms with Crippen LogP contribution in [0.2, 0.25) is 0 Å². The van der Waals surface area contributed by atoms with E-state index in [-0.39, 0.29) is 35.4 Å². The van der Waals surface area contributed by atoms with E-state index in [2.05, 4.69) is 15.8 Å². The van der Waals surface area contributed by atoms with Crippen LogP contribution in [0.3, 0.4) is 0 Å². The van der Waals surface area contributed by atoms with Crippen LogP contribution in [0.4, 0.5) is 5.69 Å². The van der Waals surface area contributed by atoms with Crippen LogP contribution in [0.1, 0.15) is 5.56 Å². The van der Waals surface area contributed by atoms with Gasteiger partial charge in [-0.2, -0.15) is 13.7 Å². The smallest absolute Gasteiger partial charge is 0.262 e. The number of hydrogen-bond acceptors (Lipinski definition) is 8. The maximum atomic E-state index is 13.5. The van der Waals surface area contributed by atoms with E-state index in [9.17, 15) is 26.4 Å². The predicted molar refractivity (Wildman–Crippen MR) is 172 cm³/mol. The lowest BCUT2D eigenvalue weighted by Gasteiger charge is -2.38. The Labute approximate surface area is 267 Å². The van der Waals surface area contributed by atoms with Crippen molar-refractivity contribution in [3.63, 3.8) is 0 Å². The zero-order valence-electron chi connectivity index (χ0n) is 24.5. The summed E-state index contributed by atoms with van der Waals surface area (Å²) in [5.41, 5.74) is 3.60. The topological polar surface area (TPSA) is 155 Å². The molecule has 0 aliphatic carbocycles. The number of carbonyl (C=O) groups excluding carboxylic acids is 2. The Kier molecular flexibility index (Phi) is 10.2. The van der Waals surface area contributed by atoms with Gasteiger partial charge in [-0.1, -0.05) is 54.6 Å². The first-order valence-corrected chi connectivity index (χ1v) is 17.1. The number of hydrazone groups is 1. The molecule has 4 aromatic rings. The third-order valence-corrected chi connectivity index (χ3v) is 10.8. The van der Waals surface area contributed by atoms with Crippen LogP contribution >= 0.6 is 0 Å². The average molecular weight is 662 g/mol. The van der Waals surface area contributed by atoms with Crippen molar-refractivity contribution in [2.24, 2.45) is 5.10 Å². The number of para-hydroxylation sites is 1. The summed E-state index contributed by atoms with van der Waals surface area (Å²) in [6.07, 6.45) is 1.35. The van der Waals surface area contributed by atoms with Crippen molar-refractivity contribution >= 4 is 43.8 Å². The zero-order chi connectivity index (χ0) is 32.6. The number of carbonyl (C=O) groups is 2. The average Bonchev–Trinajstić information content (AvgIpc) is 3.09. The van der Waals surface area contributed by atoms with Gasteiger partial charge in [0.1, 0.15) is 11.8 Å². The zero-order valence-corrected chi connectivity index (χ0v) is 26.1. The van der Waals surface area contributed by atoms with Crippen LogP contribution in [0.5, 0.6) is 5.75 Å². The second-order valence-corrected chi connectivity index (χ2v) is 14.0. The fraction of sp³-hybridized carbons (Fsp3) is 0.156. The normalized spacial score (nSPS) is 16.1. The summed E-state index contributed by atoms with van der Waals surface area (Å²) in [5.74, 6) is -0.679. The molecule has 14 heteroatoms. The second-order valence-electron chi connectivity index (χ2n) is 10.1. The third-order valence-electron chi connectivity index (χ3n) is 7.02. The molecule has 2 amide bonds. The van der Waals surface area contributed by atoms with Crippen molar-refractivity contribution in [3.05, 3.63) is 121 Å². The molecule has 238 valence electrons. The molecule has 1 aliphatic heterocycles. The molecule has 0 spiro atoms. The van der Waals surface area contributed by atoms with Crippen molar-refractivity contribution in [2.45, 2.75) is 15.8 Å². The largest absolute Gasteiger partial charge is 0.484 e. The van der Waals surface area contributed by atoms with E-state index in [0.29, 0.717) is 17.0 Å². The minimum absolute atomic E-state index is 0.0180. The number of nitrogens with one attached hydrogen (secondary N) is 2. The summed E-state index contributed by atoms with van der Waals surface area (Å²) in [6, 6.07) is 29.5. The minimum Gasteiger partial charge on any atom is -0.484 e. The fourth-order valence-corrected chi connectivity index (χ4v) is 7.74. The Morgan fingerprint density at radius 1 is 0.761 bits per heavy atom. The first-order valence-electron chi connectivity index (χ1n) is 14.2. The molecule has 4 aromatic carbocycles. The molecule has 0 aromatic heterocycles. The number of rotatable bonds is 11. The van der Waals surface area contributed by atoms with Crippen LogP contribution in [0.25, 0.3) is 0 Å². The van der Waals surface area contributed by atoms with Gasteiger partial charge in [-0.25, -0.2) is 22.3 Å². The van der Waals surface area contributed by atoms with E-state index in [1.54, 1.807) is 72.8 Å². The predicted octanol–water partition coefficient (Wildman–Crippen LogP) is 2.92. The Balaban J connectivity index is 1.25. The highest BCUT2D eigenvalue weighted by Gasteiger charge is 2.43. The molecule has 46 heavy (non-hydrogen) atoms. The summed E-state index contributed by atoms with van der Waals surface area (Å²) in [4.78, 5) is 25.6. The van der Waals surface area contributed by atoms with Gasteiger partial charge in [0.25, 0.3) is 11.8 Å². The maximum Gasteiger partial charge on any atom is 0.262 e. The first kappa shape index (κ1) is 32.5. The van der Waals surface area contributed by atoms with E-state index in [4.69, 9.17) is 4.74 Å². The number of sulfonamides is 2. The molecule has 0 saturated carbocycles. The van der Waals surface area contributed by atoms with Crippen molar-refractivity contribution in [1.29, 1.82) is 0 Å². The molecule has 2 N–H and O–H groups in total. The molecule has 1 aliphatic rings. The van der Waals surface area contributed by atoms with Gasteiger partial charge in [-0.3, -0.25) is 9.59 Å². The second kappa shape index (κ2) is 14.5. The molecular formula is C32H31N5O7S2. The van der Waals surface area contributed by atoms with Crippen LogP contribution in [0, 0.1) is 0 Å². The van der Waals surface area contributed by atoms with Gasteiger partial charge < -0.3 is 10.1 Å². The lowest BCUT2D eigenvalue weighted by atomic mass is 10.2. The summed E-state index contributed by atoms with van der Waals surface area (Å²) >= 11 is 0. The molecular weight excluding hydrogens is 631 g/mol. The van der Waals surface area contributed by atoms with E-state index < -0.39 is 38.5 Å². The molecule has 5 rings (SSSR count). The molecule has 0 radical (unpaired) electrons. The molecule has 1 saturated heterocycles. The molecule has 12 nitrogen and oxygen atoms in total. The van der Waals surface area contributed by atoms with Gasteiger partial charge in [-0.05, 0) is 66.2 Å². The number of nitrogens with zero attached hydrogens (tertiary/aromatic N) is 3. The Morgan fingerprint density at radius 3 is 1.93 bits per heavy atom. The van der Waals surface area contributed by atoms with E-state index >= 15 is 0 Å². The number of amides is 2. The van der Waals surface area contributed by atoms with Crippen molar-refractivity contribution < 1.29 is 31.2 Å². The lowest BCUT2D eigenvalue weighted by Crippen LogP contribution is -2.60. The van der Waals surface area contributed by atoms with Crippen molar-refractivity contribution in [3.8, 4) is 5.75 Å². The number of hydrogen-bond donors (Lipinski definition) is 2. The molecule has 0 bridgehead atoms. The maximum absolute atomic E-state index is 13.5. The van der Waals surface area contributed by atoms with Crippen molar-refractivity contribution in [1.82, 2.24) is 14.0 Å². The number of benzene rings is 4. The molecule has 1 atom stereocenters. The van der Waals surface area contributed by atoms with Crippen LogP contribution < -0.4 is 15.5 Å².